The summed E-state index contributed by atoms with van der Waals surface area (Å²) in [4.78, 5) is 21.3. The molecule has 2 atom stereocenters. The van der Waals surface area contributed by atoms with Crippen molar-refractivity contribution < 1.29 is 9.53 Å². The molecule has 1 aromatic rings. The Balaban J connectivity index is 1.29. The summed E-state index contributed by atoms with van der Waals surface area (Å²) in [5.41, 5.74) is 2.99. The number of rotatable bonds is 3. The van der Waals surface area contributed by atoms with E-state index in [-0.39, 0.29) is 12.0 Å². The van der Waals surface area contributed by atoms with Gasteiger partial charge in [-0.15, -0.1) is 0 Å². The van der Waals surface area contributed by atoms with Crippen molar-refractivity contribution in [1.82, 2.24) is 15.1 Å². The third-order valence-electron chi connectivity index (χ3n) is 6.31. The molecule has 1 N–H and O–H groups in total. The molecule has 6 heteroatoms. The van der Waals surface area contributed by atoms with Crippen LogP contribution in [0.4, 0.5) is 0 Å². The van der Waals surface area contributed by atoms with Crippen molar-refractivity contribution in [3.63, 3.8) is 0 Å². The number of carbonyl (C=O) groups is 1. The minimum absolute atomic E-state index is 0.166. The average Bonchev–Trinajstić information content (AvgIpc) is 3.29. The lowest BCUT2D eigenvalue weighted by Crippen LogP contribution is -2.55. The maximum atomic E-state index is 12.5. The number of fused-ring (bicyclic) bond motifs is 1. The SMILES string of the molecule is CN=C(NCC1CCCc2ccccc21)N1CCN(C(=O)C2CCCO2)CC1. The van der Waals surface area contributed by atoms with E-state index in [0.717, 1.165) is 58.1 Å². The van der Waals surface area contributed by atoms with Crippen LogP contribution in [0.3, 0.4) is 0 Å². The Labute approximate surface area is 167 Å². The summed E-state index contributed by atoms with van der Waals surface area (Å²) in [5.74, 6) is 1.66. The minimum Gasteiger partial charge on any atom is -0.368 e. The number of aryl methyl sites for hydroxylation is 1. The second kappa shape index (κ2) is 8.95. The van der Waals surface area contributed by atoms with Gasteiger partial charge in [0.25, 0.3) is 5.91 Å². The van der Waals surface area contributed by atoms with Crippen molar-refractivity contribution in [2.75, 3.05) is 46.4 Å². The Morgan fingerprint density at radius 2 is 1.93 bits per heavy atom. The summed E-state index contributed by atoms with van der Waals surface area (Å²) in [6.45, 7) is 4.76. The van der Waals surface area contributed by atoms with Crippen molar-refractivity contribution in [1.29, 1.82) is 0 Å². The van der Waals surface area contributed by atoms with Gasteiger partial charge in [0.15, 0.2) is 5.96 Å². The van der Waals surface area contributed by atoms with Crippen molar-refractivity contribution in [3.8, 4) is 0 Å². The molecular formula is C22H32N4O2. The fraction of sp³-hybridized carbons (Fsp3) is 0.636. The highest BCUT2D eigenvalue weighted by atomic mass is 16.5. The van der Waals surface area contributed by atoms with Gasteiger partial charge in [-0.2, -0.15) is 0 Å². The first-order valence-corrected chi connectivity index (χ1v) is 10.7. The van der Waals surface area contributed by atoms with Gasteiger partial charge in [-0.1, -0.05) is 24.3 Å². The predicted molar refractivity (Wildman–Crippen MR) is 111 cm³/mol. The molecule has 0 radical (unpaired) electrons. The average molecular weight is 385 g/mol. The molecule has 2 aliphatic heterocycles. The number of benzene rings is 1. The van der Waals surface area contributed by atoms with Crippen LogP contribution in [0.1, 0.15) is 42.7 Å². The zero-order valence-corrected chi connectivity index (χ0v) is 16.9. The van der Waals surface area contributed by atoms with Crippen LogP contribution in [0, 0.1) is 0 Å². The van der Waals surface area contributed by atoms with Crippen LogP contribution in [0.2, 0.25) is 0 Å². The highest BCUT2D eigenvalue weighted by Gasteiger charge is 2.31. The molecule has 0 bridgehead atoms. The number of nitrogens with one attached hydrogen (secondary N) is 1. The number of ether oxygens (including phenoxy) is 1. The summed E-state index contributed by atoms with van der Waals surface area (Å²) >= 11 is 0. The first-order valence-electron chi connectivity index (χ1n) is 10.7. The molecule has 0 aromatic heterocycles. The van der Waals surface area contributed by atoms with Crippen molar-refractivity contribution in [3.05, 3.63) is 35.4 Å². The molecule has 2 heterocycles. The summed E-state index contributed by atoms with van der Waals surface area (Å²) in [6, 6.07) is 8.83. The molecule has 28 heavy (non-hydrogen) atoms. The Kier molecular flexibility index (Phi) is 6.15. The quantitative estimate of drug-likeness (QED) is 0.640. The first kappa shape index (κ1) is 19.2. The Morgan fingerprint density at radius 1 is 1.14 bits per heavy atom. The van der Waals surface area contributed by atoms with E-state index in [1.807, 2.05) is 11.9 Å². The Hall–Kier alpha value is -2.08. The van der Waals surface area contributed by atoms with E-state index in [9.17, 15) is 4.79 Å². The number of piperazine rings is 1. The number of carbonyl (C=O) groups excluding carboxylic acids is 1. The Bertz CT molecular complexity index is 706. The molecule has 2 saturated heterocycles. The van der Waals surface area contributed by atoms with Gasteiger partial charge in [0.05, 0.1) is 0 Å². The van der Waals surface area contributed by atoms with Crippen molar-refractivity contribution in [2.45, 2.75) is 44.1 Å². The van der Waals surface area contributed by atoms with Crippen LogP contribution in [0.15, 0.2) is 29.3 Å². The molecule has 2 fully saturated rings. The van der Waals surface area contributed by atoms with Crippen LogP contribution < -0.4 is 5.32 Å². The molecule has 1 aliphatic carbocycles. The molecule has 0 spiro atoms. The van der Waals surface area contributed by atoms with E-state index in [0.29, 0.717) is 5.92 Å². The zero-order chi connectivity index (χ0) is 19.3. The highest BCUT2D eigenvalue weighted by Crippen LogP contribution is 2.30. The molecule has 4 rings (SSSR count). The van der Waals surface area contributed by atoms with Gasteiger partial charge in [0, 0.05) is 52.3 Å². The summed E-state index contributed by atoms with van der Waals surface area (Å²) in [7, 11) is 1.85. The van der Waals surface area contributed by atoms with E-state index < -0.39 is 0 Å². The normalized spacial score (nSPS) is 25.5. The lowest BCUT2D eigenvalue weighted by Gasteiger charge is -2.37. The lowest BCUT2D eigenvalue weighted by molar-refractivity contribution is -0.142. The van der Waals surface area contributed by atoms with Crippen LogP contribution in [0.5, 0.6) is 0 Å². The fourth-order valence-corrected chi connectivity index (χ4v) is 4.73. The number of hydrogen-bond acceptors (Lipinski definition) is 3. The summed E-state index contributed by atoms with van der Waals surface area (Å²) in [5, 5.41) is 3.60. The first-order chi connectivity index (χ1) is 13.8. The monoisotopic (exact) mass is 384 g/mol. The van der Waals surface area contributed by atoms with Gasteiger partial charge in [-0.3, -0.25) is 9.79 Å². The molecule has 152 valence electrons. The number of aliphatic imine (C=N–C) groups is 1. The van der Waals surface area contributed by atoms with E-state index in [1.54, 1.807) is 0 Å². The van der Waals surface area contributed by atoms with Crippen molar-refractivity contribution in [2.24, 2.45) is 4.99 Å². The van der Waals surface area contributed by atoms with Crippen LogP contribution >= 0.6 is 0 Å². The van der Waals surface area contributed by atoms with Gasteiger partial charge >= 0.3 is 0 Å². The standard InChI is InChI=1S/C22H32N4O2/c1-23-22(24-16-18-8-4-7-17-6-2-3-9-19(17)18)26-13-11-25(12-14-26)21(27)20-10-5-15-28-20/h2-3,6,9,18,20H,4-5,7-8,10-16H2,1H3,(H,23,24). The van der Waals surface area contributed by atoms with Crippen LogP contribution in [-0.2, 0) is 16.0 Å². The predicted octanol–water partition coefficient (Wildman–Crippen LogP) is 2.01. The maximum absolute atomic E-state index is 12.5. The maximum Gasteiger partial charge on any atom is 0.251 e. The third-order valence-corrected chi connectivity index (χ3v) is 6.31. The van der Waals surface area contributed by atoms with Gasteiger partial charge in [0.1, 0.15) is 6.10 Å². The van der Waals surface area contributed by atoms with Gasteiger partial charge in [0.2, 0.25) is 0 Å². The highest BCUT2D eigenvalue weighted by molar-refractivity contribution is 5.82. The largest absolute Gasteiger partial charge is 0.368 e. The van der Waals surface area contributed by atoms with E-state index in [2.05, 4.69) is 39.5 Å². The topological polar surface area (TPSA) is 57.2 Å². The van der Waals surface area contributed by atoms with Gasteiger partial charge in [-0.25, -0.2) is 0 Å². The molecule has 0 saturated carbocycles. The second-order valence-corrected chi connectivity index (χ2v) is 8.03. The summed E-state index contributed by atoms with van der Waals surface area (Å²) in [6.07, 6.45) is 5.33. The van der Waals surface area contributed by atoms with Crippen molar-refractivity contribution >= 4 is 11.9 Å². The second-order valence-electron chi connectivity index (χ2n) is 8.03. The smallest absolute Gasteiger partial charge is 0.251 e. The van der Waals surface area contributed by atoms with Gasteiger partial charge in [-0.05, 0) is 43.2 Å². The number of guanidine groups is 1. The van der Waals surface area contributed by atoms with E-state index in [4.69, 9.17) is 4.74 Å². The van der Waals surface area contributed by atoms with Crippen LogP contribution in [0.25, 0.3) is 0 Å². The molecule has 3 aliphatic rings. The fourth-order valence-electron chi connectivity index (χ4n) is 4.73. The summed E-state index contributed by atoms with van der Waals surface area (Å²) < 4.78 is 5.56. The van der Waals surface area contributed by atoms with Crippen LogP contribution in [-0.4, -0.2) is 74.1 Å². The van der Waals surface area contributed by atoms with Gasteiger partial charge < -0.3 is 19.9 Å². The molecule has 6 nitrogen and oxygen atoms in total. The molecule has 1 aromatic carbocycles. The third kappa shape index (κ3) is 4.17. The number of amides is 1. The minimum atomic E-state index is -0.213. The Morgan fingerprint density at radius 3 is 2.68 bits per heavy atom. The number of hydrogen-bond donors (Lipinski definition) is 1. The lowest BCUT2D eigenvalue weighted by atomic mass is 9.83. The molecule has 2 unspecified atom stereocenters. The molecule has 1 amide bonds. The zero-order valence-electron chi connectivity index (χ0n) is 16.9. The number of nitrogens with zero attached hydrogens (tertiary/aromatic N) is 3. The van der Waals surface area contributed by atoms with E-state index >= 15 is 0 Å². The van der Waals surface area contributed by atoms with E-state index in [1.165, 1.54) is 30.4 Å². The molecular weight excluding hydrogens is 352 g/mol.